The van der Waals surface area contributed by atoms with E-state index in [-0.39, 0.29) is 24.4 Å². The highest BCUT2D eigenvalue weighted by Crippen LogP contribution is 2.23. The molecule has 1 amide bonds. The highest BCUT2D eigenvalue weighted by molar-refractivity contribution is 5.86. The molecule has 0 aromatic heterocycles. The number of piperidine rings is 1. The number of nitrogens with zero attached hydrogens (tertiary/aromatic N) is 1. The predicted octanol–water partition coefficient (Wildman–Crippen LogP) is 2.12. The van der Waals surface area contributed by atoms with Crippen LogP contribution in [0.1, 0.15) is 31.2 Å². The molecule has 0 unspecified atom stereocenters. The van der Waals surface area contributed by atoms with Crippen molar-refractivity contribution in [1.82, 2.24) is 4.90 Å². The second kappa shape index (κ2) is 8.81. The van der Waals surface area contributed by atoms with E-state index in [4.69, 9.17) is 15.2 Å². The minimum absolute atomic E-state index is 0. The van der Waals surface area contributed by atoms with Gasteiger partial charge in [-0.2, -0.15) is 0 Å². The fourth-order valence-electron chi connectivity index (χ4n) is 3.28. The summed E-state index contributed by atoms with van der Waals surface area (Å²) in [5.74, 6) is 0.0855. The second-order valence-corrected chi connectivity index (χ2v) is 6.56. The Morgan fingerprint density at radius 1 is 1.21 bits per heavy atom. The minimum atomic E-state index is -0.726. The van der Waals surface area contributed by atoms with Gasteiger partial charge < -0.3 is 20.1 Å². The van der Waals surface area contributed by atoms with Crippen LogP contribution in [0.3, 0.4) is 0 Å². The van der Waals surface area contributed by atoms with E-state index < -0.39 is 5.54 Å². The van der Waals surface area contributed by atoms with Crippen molar-refractivity contribution in [1.29, 1.82) is 0 Å². The van der Waals surface area contributed by atoms with E-state index in [1.165, 1.54) is 5.56 Å². The summed E-state index contributed by atoms with van der Waals surface area (Å²) in [6.45, 7) is 3.27. The maximum atomic E-state index is 12.7. The van der Waals surface area contributed by atoms with Crippen LogP contribution in [-0.4, -0.2) is 48.8 Å². The Balaban J connectivity index is 0.00000208. The Kier molecular flexibility index (Phi) is 7.04. The molecule has 1 aromatic carbocycles. The fourth-order valence-corrected chi connectivity index (χ4v) is 3.28. The van der Waals surface area contributed by atoms with Gasteiger partial charge in [-0.1, -0.05) is 30.3 Å². The molecule has 2 aliphatic heterocycles. The zero-order chi connectivity index (χ0) is 16.1. The smallest absolute Gasteiger partial charge is 0.242 e. The number of amides is 1. The maximum Gasteiger partial charge on any atom is 0.242 e. The summed E-state index contributed by atoms with van der Waals surface area (Å²) >= 11 is 0. The molecule has 0 spiro atoms. The van der Waals surface area contributed by atoms with Gasteiger partial charge in [-0.05, 0) is 31.2 Å². The van der Waals surface area contributed by atoms with Gasteiger partial charge in [0.1, 0.15) is 0 Å². The first-order valence-electron chi connectivity index (χ1n) is 8.49. The first-order chi connectivity index (χ1) is 11.2. The molecule has 6 heteroatoms. The number of likely N-dealkylation sites (tertiary alicyclic amines) is 1. The number of ether oxygens (including phenoxy) is 2. The third-order valence-electron chi connectivity index (χ3n) is 4.87. The van der Waals surface area contributed by atoms with Crippen LogP contribution in [0.2, 0.25) is 0 Å². The zero-order valence-electron chi connectivity index (χ0n) is 14.0. The molecule has 0 radical (unpaired) electrons. The normalized spacial score (nSPS) is 21.1. The Hall–Kier alpha value is -1.14. The first-order valence-corrected chi connectivity index (χ1v) is 8.49. The molecule has 2 saturated heterocycles. The van der Waals surface area contributed by atoms with Crippen molar-refractivity contribution in [3.63, 3.8) is 0 Å². The highest BCUT2D eigenvalue weighted by Gasteiger charge is 2.39. The van der Waals surface area contributed by atoms with Crippen molar-refractivity contribution in [3.05, 3.63) is 35.9 Å². The quantitative estimate of drug-likeness (QED) is 0.899. The molecular formula is C18H27ClN2O3. The van der Waals surface area contributed by atoms with Crippen molar-refractivity contribution >= 4 is 18.3 Å². The van der Waals surface area contributed by atoms with Gasteiger partial charge in [-0.3, -0.25) is 4.79 Å². The lowest BCUT2D eigenvalue weighted by atomic mass is 9.89. The third kappa shape index (κ3) is 4.70. The van der Waals surface area contributed by atoms with Crippen LogP contribution in [0, 0.1) is 0 Å². The number of hydrogen-bond donors (Lipinski definition) is 1. The molecule has 0 saturated carbocycles. The van der Waals surface area contributed by atoms with Crippen molar-refractivity contribution in [2.75, 3.05) is 26.3 Å². The van der Waals surface area contributed by atoms with Crippen LogP contribution in [0.4, 0.5) is 0 Å². The number of nitrogens with two attached hydrogens (primary N) is 1. The van der Waals surface area contributed by atoms with E-state index in [0.717, 1.165) is 25.9 Å². The SMILES string of the molecule is Cl.NC1(C(=O)N2CCC(OCc3ccccc3)CC2)CCOCC1. The molecule has 1 aromatic rings. The Labute approximate surface area is 149 Å². The molecule has 5 nitrogen and oxygen atoms in total. The van der Waals surface area contributed by atoms with Crippen LogP contribution in [0.25, 0.3) is 0 Å². The summed E-state index contributed by atoms with van der Waals surface area (Å²) in [5, 5.41) is 0. The standard InChI is InChI=1S/C18H26N2O3.ClH/c19-18(8-12-22-13-9-18)17(21)20-10-6-16(7-11-20)23-14-15-4-2-1-3-5-15;/h1-5,16H,6-14,19H2;1H. The minimum Gasteiger partial charge on any atom is -0.381 e. The van der Waals surface area contributed by atoms with Gasteiger partial charge in [0.05, 0.1) is 18.2 Å². The van der Waals surface area contributed by atoms with E-state index >= 15 is 0 Å². The van der Waals surface area contributed by atoms with Crippen LogP contribution in [-0.2, 0) is 20.9 Å². The number of hydrogen-bond acceptors (Lipinski definition) is 4. The summed E-state index contributed by atoms with van der Waals surface area (Å²) < 4.78 is 11.3. The van der Waals surface area contributed by atoms with Gasteiger partial charge in [0.2, 0.25) is 5.91 Å². The van der Waals surface area contributed by atoms with Gasteiger partial charge in [-0.15, -0.1) is 12.4 Å². The Morgan fingerprint density at radius 2 is 1.83 bits per heavy atom. The van der Waals surface area contributed by atoms with Crippen LogP contribution in [0.5, 0.6) is 0 Å². The lowest BCUT2D eigenvalue weighted by Gasteiger charge is -2.39. The third-order valence-corrected chi connectivity index (χ3v) is 4.87. The largest absolute Gasteiger partial charge is 0.381 e. The molecule has 0 bridgehead atoms. The zero-order valence-corrected chi connectivity index (χ0v) is 14.8. The second-order valence-electron chi connectivity index (χ2n) is 6.56. The first kappa shape index (κ1) is 19.2. The Morgan fingerprint density at radius 3 is 2.46 bits per heavy atom. The molecule has 24 heavy (non-hydrogen) atoms. The summed E-state index contributed by atoms with van der Waals surface area (Å²) in [6, 6.07) is 10.2. The Bertz CT molecular complexity index is 512. The van der Waals surface area contributed by atoms with Gasteiger partial charge in [0, 0.05) is 26.3 Å². The van der Waals surface area contributed by atoms with E-state index in [2.05, 4.69) is 12.1 Å². The van der Waals surface area contributed by atoms with Crippen molar-refractivity contribution in [3.8, 4) is 0 Å². The summed E-state index contributed by atoms with van der Waals surface area (Å²) in [7, 11) is 0. The molecule has 0 aliphatic carbocycles. The average molecular weight is 355 g/mol. The summed E-state index contributed by atoms with van der Waals surface area (Å²) in [5.41, 5.74) is 6.76. The van der Waals surface area contributed by atoms with Crippen molar-refractivity contribution in [2.45, 2.75) is 43.9 Å². The fraction of sp³-hybridized carbons (Fsp3) is 0.611. The molecule has 2 fully saturated rings. The molecule has 2 aliphatic rings. The highest BCUT2D eigenvalue weighted by atomic mass is 35.5. The summed E-state index contributed by atoms with van der Waals surface area (Å²) in [4.78, 5) is 14.6. The molecule has 2 N–H and O–H groups in total. The number of carbonyl (C=O) groups excluding carboxylic acids is 1. The molecule has 134 valence electrons. The van der Waals surface area contributed by atoms with Crippen LogP contribution >= 0.6 is 12.4 Å². The number of benzene rings is 1. The van der Waals surface area contributed by atoms with Crippen LogP contribution < -0.4 is 5.73 Å². The van der Waals surface area contributed by atoms with E-state index in [1.807, 2.05) is 23.1 Å². The average Bonchev–Trinajstić information content (AvgIpc) is 2.61. The lowest BCUT2D eigenvalue weighted by Crippen LogP contribution is -2.59. The van der Waals surface area contributed by atoms with E-state index in [0.29, 0.717) is 32.7 Å². The molecule has 3 rings (SSSR count). The number of rotatable bonds is 4. The van der Waals surface area contributed by atoms with Crippen molar-refractivity contribution < 1.29 is 14.3 Å². The molecular weight excluding hydrogens is 328 g/mol. The van der Waals surface area contributed by atoms with E-state index in [9.17, 15) is 4.79 Å². The van der Waals surface area contributed by atoms with Crippen molar-refractivity contribution in [2.24, 2.45) is 5.73 Å². The van der Waals surface area contributed by atoms with Gasteiger partial charge in [0.15, 0.2) is 0 Å². The maximum absolute atomic E-state index is 12.7. The number of carbonyl (C=O) groups is 1. The topological polar surface area (TPSA) is 64.8 Å². The molecule has 2 heterocycles. The lowest BCUT2D eigenvalue weighted by molar-refractivity contribution is -0.143. The summed E-state index contributed by atoms with van der Waals surface area (Å²) in [6.07, 6.45) is 3.23. The van der Waals surface area contributed by atoms with Crippen LogP contribution in [0.15, 0.2) is 30.3 Å². The predicted molar refractivity (Wildman–Crippen MR) is 95.1 cm³/mol. The molecule has 0 atom stereocenters. The monoisotopic (exact) mass is 354 g/mol. The van der Waals surface area contributed by atoms with Gasteiger partial charge in [0.25, 0.3) is 0 Å². The number of halogens is 1. The van der Waals surface area contributed by atoms with Gasteiger partial charge >= 0.3 is 0 Å². The van der Waals surface area contributed by atoms with E-state index in [1.54, 1.807) is 0 Å². The van der Waals surface area contributed by atoms with Gasteiger partial charge in [-0.25, -0.2) is 0 Å².